The second-order valence-corrected chi connectivity index (χ2v) is 0.943. The van der Waals surface area contributed by atoms with Crippen molar-refractivity contribution in [2.45, 2.75) is 0 Å². The van der Waals surface area contributed by atoms with Crippen molar-refractivity contribution in [1.82, 2.24) is 0 Å². The molecule has 6 N–H and O–H groups in total. The van der Waals surface area contributed by atoms with Gasteiger partial charge in [-0.05, 0) is 6.16 Å². The molecule has 0 saturated carbocycles. The number of rotatable bonds is 0. The number of carboxylic acid groups (broad SMARTS) is 2. The van der Waals surface area contributed by atoms with Crippen LogP contribution in [0.25, 0.3) is 0 Å². The summed E-state index contributed by atoms with van der Waals surface area (Å²) in [7, 11) is -4.33. The minimum atomic E-state index is -2.33. The van der Waals surface area contributed by atoms with Crippen LogP contribution in [0, 0.1) is 0 Å². The molecule has 0 rings (SSSR count). The number of carbonyl (C=O) groups is 1. The summed E-state index contributed by atoms with van der Waals surface area (Å²) in [6.07, 6.45) is -2.33. The summed E-state index contributed by atoms with van der Waals surface area (Å²) in [6.45, 7) is 0. The van der Waals surface area contributed by atoms with E-state index < -0.39 is 20.8 Å². The van der Waals surface area contributed by atoms with Crippen LogP contribution in [0.2, 0.25) is 0 Å². The smallest absolute Gasteiger partial charge is 0.652 e. The number of hydrogen-bond donors (Lipinski definition) is 6. The fraction of sp³-hybridized carbons (Fsp3) is 0. The monoisotopic (exact) mass is 230 g/mol. The van der Waals surface area contributed by atoms with Crippen LogP contribution in [-0.2, 0) is 0 Å². The summed E-state index contributed by atoms with van der Waals surface area (Å²) in [5, 5.41) is 59.7. The summed E-state index contributed by atoms with van der Waals surface area (Å²) >= 11 is 0. The Morgan fingerprint density at radius 2 is 0.786 bits per heavy atom. The van der Waals surface area contributed by atoms with Crippen molar-refractivity contribution in [2.75, 3.05) is 0 Å². The molecule has 0 fully saturated rings. The molecule has 0 saturated heterocycles. The first-order chi connectivity index (χ1) is 5.20. The molecule has 0 heterocycles. The molecule has 0 aliphatic rings. The fourth-order valence-electron chi connectivity index (χ4n) is 0. The molecule has 9 nitrogen and oxygen atoms in total. The summed E-state index contributed by atoms with van der Waals surface area (Å²) in [6, 6.07) is 0. The Bertz CT molecular complexity index is 83.3. The van der Waals surface area contributed by atoms with E-state index in [2.05, 4.69) is 0 Å². The zero-order valence-electron chi connectivity index (χ0n) is 7.56. The Morgan fingerprint density at radius 1 is 0.786 bits per heavy atom. The molecule has 0 aromatic carbocycles. The SMILES string of the molecule is O=C([O-])[O-].OB(O)O.OB(O)O.[Na+].[Na+]. The summed E-state index contributed by atoms with van der Waals surface area (Å²) < 4.78 is 0. The van der Waals surface area contributed by atoms with Crippen LogP contribution in [0.4, 0.5) is 4.79 Å². The van der Waals surface area contributed by atoms with Crippen molar-refractivity contribution in [3.8, 4) is 0 Å². The minimum absolute atomic E-state index is 0. The quantitative estimate of drug-likeness (QED) is 0.219. The van der Waals surface area contributed by atoms with E-state index in [1.807, 2.05) is 0 Å². The summed E-state index contributed by atoms with van der Waals surface area (Å²) in [5.41, 5.74) is 0. The van der Waals surface area contributed by atoms with Gasteiger partial charge < -0.3 is 45.2 Å². The average molecular weight is 230 g/mol. The van der Waals surface area contributed by atoms with Crippen LogP contribution in [0.1, 0.15) is 0 Å². The molecule has 0 atom stereocenters. The molecule has 0 radical (unpaired) electrons. The molecule has 0 spiro atoms. The molecule has 13 heteroatoms. The Labute approximate surface area is 124 Å². The van der Waals surface area contributed by atoms with Crippen molar-refractivity contribution < 1.29 is 104 Å². The fourth-order valence-corrected chi connectivity index (χ4v) is 0. The van der Waals surface area contributed by atoms with Gasteiger partial charge in [0.1, 0.15) is 0 Å². The molecule has 0 aliphatic heterocycles. The van der Waals surface area contributed by atoms with Crippen LogP contribution < -0.4 is 69.3 Å². The van der Waals surface area contributed by atoms with Crippen molar-refractivity contribution >= 4 is 20.8 Å². The van der Waals surface area contributed by atoms with Gasteiger partial charge in [0.15, 0.2) is 0 Å². The first kappa shape index (κ1) is 29.4. The van der Waals surface area contributed by atoms with E-state index in [9.17, 15) is 0 Å². The summed E-state index contributed by atoms with van der Waals surface area (Å²) in [4.78, 5) is 8.33. The van der Waals surface area contributed by atoms with Crippen LogP contribution in [-0.4, -0.2) is 50.9 Å². The van der Waals surface area contributed by atoms with E-state index in [0.29, 0.717) is 0 Å². The third kappa shape index (κ3) is 1450. The first-order valence-corrected chi connectivity index (χ1v) is 2.16. The number of carbonyl (C=O) groups excluding carboxylic acids is 1. The predicted octanol–water partition coefficient (Wildman–Crippen LogP) is -12.5. The maximum Gasteiger partial charge on any atom is 1.00 e. The van der Waals surface area contributed by atoms with Gasteiger partial charge in [-0.15, -0.1) is 0 Å². The van der Waals surface area contributed by atoms with Crippen LogP contribution in [0.5, 0.6) is 0 Å². The molecule has 0 unspecified atom stereocenters. The Kier molecular flexibility index (Phi) is 50.0. The van der Waals surface area contributed by atoms with Gasteiger partial charge in [-0.25, -0.2) is 0 Å². The van der Waals surface area contributed by atoms with Gasteiger partial charge in [0.2, 0.25) is 0 Å². The largest absolute Gasteiger partial charge is 1.00 e. The molecule has 0 aliphatic carbocycles. The van der Waals surface area contributed by atoms with E-state index in [1.54, 1.807) is 0 Å². The Hall–Kier alpha value is 1.16. The van der Waals surface area contributed by atoms with E-state index in [4.69, 9.17) is 45.2 Å². The molecule has 0 amide bonds. The maximum atomic E-state index is 8.33. The molecule has 0 aromatic rings. The van der Waals surface area contributed by atoms with Gasteiger partial charge >= 0.3 is 73.8 Å². The van der Waals surface area contributed by atoms with E-state index in [1.165, 1.54) is 0 Å². The molecule has 0 bridgehead atoms. The Morgan fingerprint density at radius 3 is 0.786 bits per heavy atom. The van der Waals surface area contributed by atoms with Gasteiger partial charge in [-0.3, -0.25) is 0 Å². The van der Waals surface area contributed by atoms with Gasteiger partial charge in [-0.2, -0.15) is 0 Å². The Balaban J connectivity index is -0.0000000270. The van der Waals surface area contributed by atoms with Crippen molar-refractivity contribution in [3.63, 3.8) is 0 Å². The third-order valence-electron chi connectivity index (χ3n) is 0. The van der Waals surface area contributed by atoms with Gasteiger partial charge in [0, 0.05) is 0 Å². The number of hydrogen-bond acceptors (Lipinski definition) is 9. The zero-order valence-corrected chi connectivity index (χ0v) is 11.6. The van der Waals surface area contributed by atoms with E-state index in [0.717, 1.165) is 0 Å². The zero-order chi connectivity index (χ0) is 10.7. The molecular weight excluding hydrogens is 224 g/mol. The minimum Gasteiger partial charge on any atom is -0.652 e. The molecular formula is CH6B2Na2O9. The summed E-state index contributed by atoms with van der Waals surface area (Å²) in [5.74, 6) is 0. The van der Waals surface area contributed by atoms with Crippen LogP contribution >= 0.6 is 0 Å². The normalized spacial score (nSPS) is 5.57. The topological polar surface area (TPSA) is 185 Å². The third-order valence-corrected chi connectivity index (χ3v) is 0. The van der Waals surface area contributed by atoms with Gasteiger partial charge in [0.25, 0.3) is 0 Å². The van der Waals surface area contributed by atoms with E-state index >= 15 is 0 Å². The first-order valence-electron chi connectivity index (χ1n) is 2.16. The predicted molar refractivity (Wildman–Crippen MR) is 30.2 cm³/mol. The van der Waals surface area contributed by atoms with Gasteiger partial charge in [-0.1, -0.05) is 0 Å². The van der Waals surface area contributed by atoms with Gasteiger partial charge in [0.05, 0.1) is 0 Å². The molecule has 14 heavy (non-hydrogen) atoms. The van der Waals surface area contributed by atoms with Crippen molar-refractivity contribution in [2.24, 2.45) is 0 Å². The van der Waals surface area contributed by atoms with E-state index in [-0.39, 0.29) is 59.1 Å². The van der Waals surface area contributed by atoms with Crippen LogP contribution in [0.15, 0.2) is 0 Å². The second kappa shape index (κ2) is 23.8. The van der Waals surface area contributed by atoms with Crippen LogP contribution in [0.3, 0.4) is 0 Å². The molecule has 0 aromatic heterocycles. The second-order valence-electron chi connectivity index (χ2n) is 0.943. The standard InChI is InChI=1S/CH2O3.2BH3O3.2Na/c3*2-1(3)4;;/h(H2,2,3,4);2*2-4H;;/q;;;2*+1/p-2. The molecule has 72 valence electrons. The average Bonchev–Trinajstić information content (AvgIpc) is 1.54. The van der Waals surface area contributed by atoms with Crippen molar-refractivity contribution in [1.29, 1.82) is 0 Å². The maximum absolute atomic E-state index is 8.33. The van der Waals surface area contributed by atoms with Crippen molar-refractivity contribution in [3.05, 3.63) is 0 Å².